The van der Waals surface area contributed by atoms with Crippen LogP contribution in [0.25, 0.3) is 0 Å². The van der Waals surface area contributed by atoms with E-state index in [0.29, 0.717) is 5.56 Å². The predicted octanol–water partition coefficient (Wildman–Crippen LogP) is 1.25. The van der Waals surface area contributed by atoms with E-state index in [2.05, 4.69) is 0 Å². The fourth-order valence-electron chi connectivity index (χ4n) is 0.669. The van der Waals surface area contributed by atoms with E-state index in [4.69, 9.17) is 0 Å². The zero-order chi connectivity index (χ0) is 8.27. The summed E-state index contributed by atoms with van der Waals surface area (Å²) < 4.78 is 11.9. The Morgan fingerprint density at radius 1 is 1.27 bits per heavy atom. The lowest BCUT2D eigenvalue weighted by molar-refractivity contribution is 0.0836. The Labute approximate surface area is 62.6 Å². The first kappa shape index (κ1) is 7.60. The minimum absolute atomic E-state index is 0.0519. The molecule has 11 heavy (non-hydrogen) atoms. The molecule has 55 valence electrons. The van der Waals surface area contributed by atoms with Crippen molar-refractivity contribution in [1.29, 1.82) is 0 Å². The van der Waals surface area contributed by atoms with Gasteiger partial charge in [0.05, 0.1) is 5.56 Å². The van der Waals surface area contributed by atoms with Gasteiger partial charge in [-0.15, -0.1) is 0 Å². The summed E-state index contributed by atoms with van der Waals surface area (Å²) in [4.78, 5) is 20.1. The van der Waals surface area contributed by atoms with Gasteiger partial charge in [0.25, 0.3) is 0 Å². The van der Waals surface area contributed by atoms with E-state index in [0.717, 1.165) is 0 Å². The van der Waals surface area contributed by atoms with Gasteiger partial charge in [-0.05, 0) is 12.1 Å². The summed E-state index contributed by atoms with van der Waals surface area (Å²) in [6.07, 6.45) is 1.61. The molecule has 0 aliphatic carbocycles. The lowest BCUT2D eigenvalue weighted by Gasteiger charge is -1.90. The highest BCUT2D eigenvalue weighted by Gasteiger charge is 2.01. The fraction of sp³-hybridized carbons (Fsp3) is 0. The first-order valence-corrected chi connectivity index (χ1v) is 2.92. The van der Waals surface area contributed by atoms with Crippen molar-refractivity contribution in [2.75, 3.05) is 0 Å². The van der Waals surface area contributed by atoms with Crippen molar-refractivity contribution in [3.8, 4) is 0 Å². The Bertz CT molecular complexity index is 277. The number of benzene rings is 1. The minimum Gasteiger partial charge on any atom is -0.285 e. The van der Waals surface area contributed by atoms with Gasteiger partial charge in [0.2, 0.25) is 6.29 Å². The maximum Gasteiger partial charge on any atom is 0.332 e. The van der Waals surface area contributed by atoms with Crippen molar-refractivity contribution < 1.29 is 14.0 Å². The van der Waals surface area contributed by atoms with Crippen LogP contribution in [0.3, 0.4) is 0 Å². The lowest BCUT2D eigenvalue weighted by atomic mass is 10.2. The molecule has 1 aromatic rings. The van der Waals surface area contributed by atoms with Crippen LogP contribution < -0.4 is 0 Å². The van der Waals surface area contributed by atoms with E-state index >= 15 is 0 Å². The van der Waals surface area contributed by atoms with Crippen molar-refractivity contribution in [3.05, 3.63) is 35.4 Å². The number of halogens is 1. The van der Waals surface area contributed by atoms with Gasteiger partial charge in [-0.3, -0.25) is 9.59 Å². The Kier molecular flexibility index (Phi) is 2.11. The fourth-order valence-corrected chi connectivity index (χ4v) is 0.669. The zero-order valence-electron chi connectivity index (χ0n) is 5.50. The highest BCUT2D eigenvalue weighted by Crippen LogP contribution is 2.03. The first-order chi connectivity index (χ1) is 5.24. The minimum atomic E-state index is -1.50. The molecule has 0 saturated heterocycles. The molecule has 0 atom stereocenters. The molecular weight excluding hydrogens is 147 g/mol. The second-order valence-corrected chi connectivity index (χ2v) is 1.95. The summed E-state index contributed by atoms with van der Waals surface area (Å²) in [6.45, 7) is 0. The highest BCUT2D eigenvalue weighted by atomic mass is 19.1. The molecule has 0 bridgehead atoms. The molecule has 2 nitrogen and oxygen atoms in total. The van der Waals surface area contributed by atoms with Crippen LogP contribution in [0.15, 0.2) is 24.3 Å². The van der Waals surface area contributed by atoms with E-state index in [1.165, 1.54) is 24.3 Å². The average molecular weight is 151 g/mol. The van der Waals surface area contributed by atoms with Crippen molar-refractivity contribution in [2.45, 2.75) is 0 Å². The SMILES string of the molecule is O=[C]c1ccc(C(=O)F)cc1. The summed E-state index contributed by atoms with van der Waals surface area (Å²) in [5, 5.41) is 0. The van der Waals surface area contributed by atoms with Crippen molar-refractivity contribution in [1.82, 2.24) is 0 Å². The summed E-state index contributed by atoms with van der Waals surface area (Å²) in [6, 6.07) is 3.65. The van der Waals surface area contributed by atoms with Crippen LogP contribution in [-0.2, 0) is 4.79 Å². The van der Waals surface area contributed by atoms with Gasteiger partial charge in [0, 0.05) is 5.56 Å². The molecule has 3 heteroatoms. The molecule has 0 N–H and O–H groups in total. The zero-order valence-corrected chi connectivity index (χ0v) is 5.50. The maximum atomic E-state index is 11.9. The smallest absolute Gasteiger partial charge is 0.285 e. The van der Waals surface area contributed by atoms with Gasteiger partial charge in [-0.1, -0.05) is 12.1 Å². The number of hydrogen-bond donors (Lipinski definition) is 0. The van der Waals surface area contributed by atoms with Gasteiger partial charge in [0.15, 0.2) is 0 Å². The topological polar surface area (TPSA) is 34.1 Å². The molecule has 0 aromatic heterocycles. The van der Waals surface area contributed by atoms with Gasteiger partial charge in [-0.2, -0.15) is 4.39 Å². The summed E-state index contributed by atoms with van der Waals surface area (Å²) in [5.74, 6) is 0. The molecule has 0 aliphatic rings. The van der Waals surface area contributed by atoms with E-state index in [1.54, 1.807) is 6.29 Å². The number of carbonyl (C=O) groups is 1. The van der Waals surface area contributed by atoms with Crippen molar-refractivity contribution >= 4 is 12.3 Å². The molecule has 0 spiro atoms. The van der Waals surface area contributed by atoms with Gasteiger partial charge in [-0.25, -0.2) is 0 Å². The van der Waals surface area contributed by atoms with E-state index in [-0.39, 0.29) is 5.56 Å². The van der Waals surface area contributed by atoms with Crippen LogP contribution >= 0.6 is 0 Å². The van der Waals surface area contributed by atoms with Crippen LogP contribution in [0.1, 0.15) is 15.9 Å². The quantitative estimate of drug-likeness (QED) is 0.596. The molecular formula is C8H4FO2. The summed E-state index contributed by atoms with van der Waals surface area (Å²) in [7, 11) is 0. The Balaban J connectivity index is 3.00. The highest BCUT2D eigenvalue weighted by molar-refractivity contribution is 5.89. The predicted molar refractivity (Wildman–Crippen MR) is 36.7 cm³/mol. The second-order valence-electron chi connectivity index (χ2n) is 1.95. The Hall–Kier alpha value is -1.51. The molecule has 1 radical (unpaired) electrons. The van der Waals surface area contributed by atoms with Gasteiger partial charge in [0.1, 0.15) is 0 Å². The molecule has 1 aromatic carbocycles. The lowest BCUT2D eigenvalue weighted by Crippen LogP contribution is -1.89. The Morgan fingerprint density at radius 3 is 2.18 bits per heavy atom. The number of rotatable bonds is 2. The molecule has 0 amide bonds. The largest absolute Gasteiger partial charge is 0.332 e. The second kappa shape index (κ2) is 3.05. The summed E-state index contributed by atoms with van der Waals surface area (Å²) >= 11 is 0. The van der Waals surface area contributed by atoms with Crippen molar-refractivity contribution in [3.63, 3.8) is 0 Å². The molecule has 0 fully saturated rings. The monoisotopic (exact) mass is 151 g/mol. The van der Waals surface area contributed by atoms with Crippen LogP contribution in [0.2, 0.25) is 0 Å². The van der Waals surface area contributed by atoms with Crippen LogP contribution in [0.5, 0.6) is 0 Å². The van der Waals surface area contributed by atoms with E-state index in [1.807, 2.05) is 0 Å². The molecule has 0 heterocycles. The van der Waals surface area contributed by atoms with E-state index in [9.17, 15) is 14.0 Å². The third-order valence-electron chi connectivity index (χ3n) is 1.23. The van der Waals surface area contributed by atoms with Crippen molar-refractivity contribution in [2.24, 2.45) is 0 Å². The molecule has 0 saturated carbocycles. The number of carbonyl (C=O) groups excluding carboxylic acids is 2. The average Bonchev–Trinajstić information content (AvgIpc) is 2.05. The third kappa shape index (κ3) is 1.70. The molecule has 0 aliphatic heterocycles. The third-order valence-corrected chi connectivity index (χ3v) is 1.23. The normalized spacial score (nSPS) is 9.18. The first-order valence-electron chi connectivity index (χ1n) is 2.92. The summed E-state index contributed by atoms with van der Waals surface area (Å²) in [5.41, 5.74) is 0.249. The van der Waals surface area contributed by atoms with Gasteiger partial charge < -0.3 is 0 Å². The Morgan fingerprint density at radius 2 is 1.82 bits per heavy atom. The van der Waals surface area contributed by atoms with Gasteiger partial charge >= 0.3 is 6.04 Å². The standard InChI is InChI=1S/C8H4FO2/c9-8(11)7-3-1-6(5-10)2-4-7/h1-4H. The van der Waals surface area contributed by atoms with Crippen LogP contribution in [0, 0.1) is 0 Å². The molecule has 1 rings (SSSR count). The van der Waals surface area contributed by atoms with E-state index < -0.39 is 6.04 Å². The maximum absolute atomic E-state index is 11.9. The number of hydrogen-bond acceptors (Lipinski definition) is 2. The van der Waals surface area contributed by atoms with Crippen LogP contribution in [-0.4, -0.2) is 12.3 Å². The molecule has 0 unspecified atom stereocenters. The van der Waals surface area contributed by atoms with Crippen LogP contribution in [0.4, 0.5) is 4.39 Å².